The van der Waals surface area contributed by atoms with E-state index in [1.165, 1.54) is 27.7 Å². The maximum absolute atomic E-state index is 6.25. The van der Waals surface area contributed by atoms with Gasteiger partial charge in [0.15, 0.2) is 0 Å². The molecule has 1 aliphatic rings. The molecule has 0 unspecified atom stereocenters. The van der Waals surface area contributed by atoms with E-state index in [1.807, 2.05) is 18.5 Å². The van der Waals surface area contributed by atoms with Gasteiger partial charge in [0.05, 0.1) is 0 Å². The standard InChI is InChI=1S/C19H21ClN4/c1-23-8-6-19-17(12-23)16-9-15(20)4-5-18(16)24(19)7-2-3-14-10-21-13-22-11-14/h4-5,9-11,13H,2-3,6-8,12H2,1H3. The number of aromatic nitrogens is 3. The van der Waals surface area contributed by atoms with Gasteiger partial charge in [-0.2, -0.15) is 0 Å². The zero-order chi connectivity index (χ0) is 16.5. The van der Waals surface area contributed by atoms with Crippen LogP contribution in [-0.4, -0.2) is 33.0 Å². The Bertz CT molecular complexity index is 857. The first-order valence-corrected chi connectivity index (χ1v) is 8.82. The van der Waals surface area contributed by atoms with Gasteiger partial charge < -0.3 is 9.47 Å². The van der Waals surface area contributed by atoms with Crippen molar-refractivity contribution in [1.29, 1.82) is 0 Å². The van der Waals surface area contributed by atoms with Crippen LogP contribution in [0.2, 0.25) is 5.02 Å². The molecule has 0 saturated carbocycles. The molecule has 0 saturated heterocycles. The molecule has 4 nitrogen and oxygen atoms in total. The Hall–Kier alpha value is -1.91. The fourth-order valence-electron chi connectivity index (χ4n) is 3.71. The third kappa shape index (κ3) is 2.92. The minimum absolute atomic E-state index is 0.817. The fraction of sp³-hybridized carbons (Fsp3) is 0.368. The van der Waals surface area contributed by atoms with Crippen molar-refractivity contribution in [2.45, 2.75) is 32.4 Å². The van der Waals surface area contributed by atoms with Crippen molar-refractivity contribution < 1.29 is 0 Å². The number of fused-ring (bicyclic) bond motifs is 3. The average molecular weight is 341 g/mol. The lowest BCUT2D eigenvalue weighted by molar-refractivity contribution is 0.309. The Balaban J connectivity index is 1.65. The second kappa shape index (κ2) is 6.54. The number of nitrogens with zero attached hydrogens (tertiary/aromatic N) is 4. The highest BCUT2D eigenvalue weighted by atomic mass is 35.5. The van der Waals surface area contributed by atoms with E-state index >= 15 is 0 Å². The van der Waals surface area contributed by atoms with Gasteiger partial charge in [0.2, 0.25) is 0 Å². The summed E-state index contributed by atoms with van der Waals surface area (Å²) in [7, 11) is 2.19. The lowest BCUT2D eigenvalue weighted by Crippen LogP contribution is -2.27. The molecular formula is C19H21ClN4. The molecule has 1 aliphatic heterocycles. The van der Waals surface area contributed by atoms with Crippen LogP contribution in [0.25, 0.3) is 10.9 Å². The Morgan fingerprint density at radius 2 is 2.04 bits per heavy atom. The maximum Gasteiger partial charge on any atom is 0.115 e. The fourth-order valence-corrected chi connectivity index (χ4v) is 3.88. The molecule has 0 atom stereocenters. The van der Waals surface area contributed by atoms with Gasteiger partial charge in [-0.1, -0.05) is 11.6 Å². The Kier molecular flexibility index (Phi) is 4.25. The Labute approximate surface area is 147 Å². The molecule has 1 aromatic carbocycles. The van der Waals surface area contributed by atoms with Gasteiger partial charge in [0.1, 0.15) is 6.33 Å². The van der Waals surface area contributed by atoms with Crippen LogP contribution in [0.1, 0.15) is 23.2 Å². The van der Waals surface area contributed by atoms with Crippen LogP contribution in [0, 0.1) is 0 Å². The predicted molar refractivity (Wildman–Crippen MR) is 97.3 cm³/mol. The highest BCUT2D eigenvalue weighted by Crippen LogP contribution is 2.32. The third-order valence-electron chi connectivity index (χ3n) is 4.87. The van der Waals surface area contributed by atoms with Crippen molar-refractivity contribution in [2.24, 2.45) is 0 Å². The van der Waals surface area contributed by atoms with Crippen molar-refractivity contribution in [2.75, 3.05) is 13.6 Å². The predicted octanol–water partition coefficient (Wildman–Crippen LogP) is 3.71. The Morgan fingerprint density at radius 1 is 1.21 bits per heavy atom. The first-order chi connectivity index (χ1) is 11.7. The average Bonchev–Trinajstić information content (AvgIpc) is 2.89. The smallest absolute Gasteiger partial charge is 0.115 e. The zero-order valence-electron chi connectivity index (χ0n) is 13.9. The van der Waals surface area contributed by atoms with E-state index in [0.717, 1.165) is 43.9 Å². The van der Waals surface area contributed by atoms with Crippen molar-refractivity contribution >= 4 is 22.5 Å². The first kappa shape index (κ1) is 15.6. The molecule has 0 fully saturated rings. The van der Waals surface area contributed by atoms with Crippen LogP contribution in [-0.2, 0) is 25.9 Å². The summed E-state index contributed by atoms with van der Waals surface area (Å²) in [4.78, 5) is 10.6. The van der Waals surface area contributed by atoms with Crippen LogP contribution >= 0.6 is 11.6 Å². The van der Waals surface area contributed by atoms with Gasteiger partial charge in [-0.15, -0.1) is 0 Å². The molecule has 0 aliphatic carbocycles. The summed E-state index contributed by atoms with van der Waals surface area (Å²) in [6, 6.07) is 6.29. The summed E-state index contributed by atoms with van der Waals surface area (Å²) in [5, 5.41) is 2.13. The largest absolute Gasteiger partial charge is 0.344 e. The molecule has 3 heterocycles. The van der Waals surface area contributed by atoms with Gasteiger partial charge in [-0.25, -0.2) is 9.97 Å². The van der Waals surface area contributed by atoms with E-state index < -0.39 is 0 Å². The van der Waals surface area contributed by atoms with E-state index in [9.17, 15) is 0 Å². The van der Waals surface area contributed by atoms with Gasteiger partial charge in [0.25, 0.3) is 0 Å². The van der Waals surface area contributed by atoms with Crippen LogP contribution in [0.3, 0.4) is 0 Å². The van der Waals surface area contributed by atoms with Crippen LogP contribution in [0.4, 0.5) is 0 Å². The number of aryl methyl sites for hydroxylation is 2. The topological polar surface area (TPSA) is 34.0 Å². The summed E-state index contributed by atoms with van der Waals surface area (Å²) in [6.45, 7) is 3.14. The van der Waals surface area contributed by atoms with Gasteiger partial charge in [-0.3, -0.25) is 0 Å². The third-order valence-corrected chi connectivity index (χ3v) is 5.10. The van der Waals surface area contributed by atoms with E-state index in [2.05, 4.69) is 38.6 Å². The minimum atomic E-state index is 0.817. The summed E-state index contributed by atoms with van der Waals surface area (Å²) < 4.78 is 2.50. The molecule has 4 rings (SSSR count). The lowest BCUT2D eigenvalue weighted by atomic mass is 10.1. The molecule has 0 N–H and O–H groups in total. The molecule has 0 radical (unpaired) electrons. The van der Waals surface area contributed by atoms with E-state index in [4.69, 9.17) is 11.6 Å². The number of hydrogen-bond donors (Lipinski definition) is 0. The van der Waals surface area contributed by atoms with Crippen molar-refractivity contribution in [1.82, 2.24) is 19.4 Å². The van der Waals surface area contributed by atoms with E-state index in [-0.39, 0.29) is 0 Å². The SMILES string of the molecule is CN1CCc2c(c3cc(Cl)ccc3n2CCCc2cncnc2)C1. The normalized spacial score (nSPS) is 14.9. The molecule has 0 spiro atoms. The molecule has 0 amide bonds. The molecule has 3 aromatic rings. The van der Waals surface area contributed by atoms with Crippen molar-refractivity contribution in [3.05, 3.63) is 58.8 Å². The number of benzene rings is 1. The van der Waals surface area contributed by atoms with Crippen LogP contribution in [0.5, 0.6) is 0 Å². The molecule has 0 bridgehead atoms. The maximum atomic E-state index is 6.25. The summed E-state index contributed by atoms with van der Waals surface area (Å²) >= 11 is 6.25. The molecule has 2 aromatic heterocycles. The number of rotatable bonds is 4. The number of hydrogen-bond acceptors (Lipinski definition) is 3. The minimum Gasteiger partial charge on any atom is -0.344 e. The van der Waals surface area contributed by atoms with Crippen molar-refractivity contribution in [3.63, 3.8) is 0 Å². The van der Waals surface area contributed by atoms with E-state index in [1.54, 1.807) is 6.33 Å². The van der Waals surface area contributed by atoms with Crippen LogP contribution in [0.15, 0.2) is 36.9 Å². The second-order valence-corrected chi connectivity index (χ2v) is 7.01. The van der Waals surface area contributed by atoms with Gasteiger partial charge in [-0.05, 0) is 49.2 Å². The van der Waals surface area contributed by atoms with Crippen LogP contribution < -0.4 is 0 Å². The summed E-state index contributed by atoms with van der Waals surface area (Å²) in [6.07, 6.45) is 8.59. The molecule has 24 heavy (non-hydrogen) atoms. The number of halogens is 1. The second-order valence-electron chi connectivity index (χ2n) is 6.58. The Morgan fingerprint density at radius 3 is 2.88 bits per heavy atom. The highest BCUT2D eigenvalue weighted by molar-refractivity contribution is 6.31. The highest BCUT2D eigenvalue weighted by Gasteiger charge is 2.22. The summed E-state index contributed by atoms with van der Waals surface area (Å²) in [5.74, 6) is 0. The monoisotopic (exact) mass is 340 g/mol. The van der Waals surface area contributed by atoms with Gasteiger partial charge >= 0.3 is 0 Å². The molecular weight excluding hydrogens is 320 g/mol. The summed E-state index contributed by atoms with van der Waals surface area (Å²) in [5.41, 5.74) is 5.44. The first-order valence-electron chi connectivity index (χ1n) is 8.44. The van der Waals surface area contributed by atoms with Gasteiger partial charge in [0, 0.05) is 60.1 Å². The van der Waals surface area contributed by atoms with Crippen molar-refractivity contribution in [3.8, 4) is 0 Å². The molecule has 5 heteroatoms. The number of likely N-dealkylation sites (N-methyl/N-ethyl adjacent to an activating group) is 1. The molecule has 124 valence electrons. The lowest BCUT2D eigenvalue weighted by Gasteiger charge is -2.24. The van der Waals surface area contributed by atoms with E-state index in [0.29, 0.717) is 0 Å². The zero-order valence-corrected chi connectivity index (χ0v) is 14.6. The quantitative estimate of drug-likeness (QED) is 0.726.